The van der Waals surface area contributed by atoms with Gasteiger partial charge in [0.25, 0.3) is 0 Å². The van der Waals surface area contributed by atoms with E-state index in [1.165, 1.54) is 36.7 Å². The summed E-state index contributed by atoms with van der Waals surface area (Å²) in [5, 5.41) is 3.63. The Labute approximate surface area is 327 Å². The maximum Gasteiger partial charge on any atom is 0.160 e. The van der Waals surface area contributed by atoms with Gasteiger partial charge in [0.15, 0.2) is 5.82 Å². The fourth-order valence-electron chi connectivity index (χ4n) is 8.00. The third-order valence-corrected chi connectivity index (χ3v) is 11.9. The zero-order valence-electron chi connectivity index (χ0n) is 30.2. The molecule has 0 spiro atoms. The molecule has 0 N–H and O–H groups in total. The van der Waals surface area contributed by atoms with Gasteiger partial charge in [-0.3, -0.25) is 4.98 Å². The monoisotopic (exact) mass is 732 g/mol. The van der Waals surface area contributed by atoms with Gasteiger partial charge in [0.1, 0.15) is 0 Å². The smallest absolute Gasteiger partial charge is 0.160 e. The molecule has 11 rings (SSSR count). The number of pyridine rings is 1. The first kappa shape index (κ1) is 32.2. The van der Waals surface area contributed by atoms with Gasteiger partial charge < -0.3 is 4.57 Å². The molecule has 0 bridgehead atoms. The molecule has 4 aromatic heterocycles. The molecule has 0 amide bonds. The predicted octanol–water partition coefficient (Wildman–Crippen LogP) is 13.7. The number of rotatable bonds is 6. The summed E-state index contributed by atoms with van der Waals surface area (Å²) in [6.45, 7) is 0. The van der Waals surface area contributed by atoms with Crippen molar-refractivity contribution in [3.63, 3.8) is 0 Å². The molecule has 4 heterocycles. The summed E-state index contributed by atoms with van der Waals surface area (Å²) in [7, 11) is 0. The van der Waals surface area contributed by atoms with Gasteiger partial charge in [0, 0.05) is 55.0 Å². The second-order valence-corrected chi connectivity index (χ2v) is 15.1. The van der Waals surface area contributed by atoms with Gasteiger partial charge in [-0.25, -0.2) is 9.97 Å². The average Bonchev–Trinajstić information content (AvgIpc) is 3.83. The van der Waals surface area contributed by atoms with Gasteiger partial charge in [-0.05, 0) is 65.2 Å². The lowest BCUT2D eigenvalue weighted by Crippen LogP contribution is -1.99. The van der Waals surface area contributed by atoms with Gasteiger partial charge >= 0.3 is 0 Å². The van der Waals surface area contributed by atoms with Crippen LogP contribution in [0.4, 0.5) is 0 Å². The highest BCUT2D eigenvalue weighted by Gasteiger charge is 2.19. The lowest BCUT2D eigenvalue weighted by atomic mass is 9.98. The Balaban J connectivity index is 1.17. The van der Waals surface area contributed by atoms with Crippen molar-refractivity contribution in [2.75, 3.05) is 0 Å². The first-order valence-corrected chi connectivity index (χ1v) is 19.6. The van der Waals surface area contributed by atoms with E-state index in [-0.39, 0.29) is 0 Å². The molecule has 262 valence electrons. The molecule has 0 unspecified atom stereocenters. The quantitative estimate of drug-likeness (QED) is 0.171. The zero-order chi connectivity index (χ0) is 37.0. The van der Waals surface area contributed by atoms with Gasteiger partial charge in [0.05, 0.1) is 32.6 Å². The van der Waals surface area contributed by atoms with Crippen molar-refractivity contribution in [1.29, 1.82) is 0 Å². The van der Waals surface area contributed by atoms with Crippen molar-refractivity contribution in [1.82, 2.24) is 19.5 Å². The van der Waals surface area contributed by atoms with E-state index in [4.69, 9.17) is 15.0 Å². The van der Waals surface area contributed by atoms with E-state index in [0.29, 0.717) is 5.82 Å². The molecular formula is C51H32N4S. The van der Waals surface area contributed by atoms with Crippen molar-refractivity contribution in [3.05, 3.63) is 194 Å². The number of hydrogen-bond donors (Lipinski definition) is 0. The maximum atomic E-state index is 5.31. The van der Waals surface area contributed by atoms with Crippen molar-refractivity contribution < 1.29 is 0 Å². The molecule has 0 saturated carbocycles. The molecule has 7 aromatic carbocycles. The molecule has 0 aliphatic rings. The first-order chi connectivity index (χ1) is 27.7. The van der Waals surface area contributed by atoms with Gasteiger partial charge in [-0.2, -0.15) is 0 Å². The zero-order valence-corrected chi connectivity index (χ0v) is 31.0. The molecule has 4 nitrogen and oxygen atoms in total. The molecule has 0 fully saturated rings. The Morgan fingerprint density at radius 2 is 0.964 bits per heavy atom. The minimum absolute atomic E-state index is 0.685. The van der Waals surface area contributed by atoms with Crippen LogP contribution in [0.25, 0.3) is 104 Å². The molecule has 0 aliphatic carbocycles. The van der Waals surface area contributed by atoms with Crippen molar-refractivity contribution in [2.45, 2.75) is 0 Å². The highest BCUT2D eigenvalue weighted by Crippen LogP contribution is 2.42. The standard InChI is InChI=1S/C51H32N4S/c1-3-13-33(14-4-1)34-23-25-35(26-24-34)44-32-45(54-51(53-44)36-15-5-2-6-16-36)38-29-37(40-27-28-52-49-43-19-9-12-22-48(43)56-50(40)49)30-39(31-38)55-46-20-10-7-17-41(46)42-18-8-11-21-47(42)55/h1-32H. The van der Waals surface area contributed by atoms with Crippen LogP contribution in [0, 0.1) is 0 Å². The Hall–Kier alpha value is -7.21. The first-order valence-electron chi connectivity index (χ1n) is 18.8. The van der Waals surface area contributed by atoms with Crippen LogP contribution in [0.3, 0.4) is 0 Å². The highest BCUT2D eigenvalue weighted by molar-refractivity contribution is 7.26. The lowest BCUT2D eigenvalue weighted by molar-refractivity contribution is 1.16. The van der Waals surface area contributed by atoms with E-state index in [1.807, 2.05) is 30.5 Å². The van der Waals surface area contributed by atoms with E-state index >= 15 is 0 Å². The molecular weight excluding hydrogens is 701 g/mol. The van der Waals surface area contributed by atoms with Gasteiger partial charge in [0.2, 0.25) is 0 Å². The fraction of sp³-hybridized carbons (Fsp3) is 0. The van der Waals surface area contributed by atoms with Crippen molar-refractivity contribution >= 4 is 53.4 Å². The third-order valence-electron chi connectivity index (χ3n) is 10.7. The van der Waals surface area contributed by atoms with Crippen LogP contribution in [0.5, 0.6) is 0 Å². The second-order valence-electron chi connectivity index (χ2n) is 14.0. The number of para-hydroxylation sites is 2. The van der Waals surface area contributed by atoms with E-state index < -0.39 is 0 Å². The lowest BCUT2D eigenvalue weighted by Gasteiger charge is -2.15. The number of fused-ring (bicyclic) bond motifs is 6. The van der Waals surface area contributed by atoms with Crippen LogP contribution in [0.15, 0.2) is 194 Å². The van der Waals surface area contributed by atoms with Crippen LogP contribution >= 0.6 is 11.3 Å². The SMILES string of the molecule is c1ccc(-c2ccc(-c3cc(-c4cc(-c5ccnc6c5sc5ccccc56)cc(-n5c6ccccc6c6ccccc65)c4)nc(-c4ccccc4)n3)cc2)cc1. The van der Waals surface area contributed by atoms with Crippen LogP contribution in [0.2, 0.25) is 0 Å². The Morgan fingerprint density at radius 3 is 1.68 bits per heavy atom. The predicted molar refractivity (Wildman–Crippen MR) is 234 cm³/mol. The number of thiophene rings is 1. The average molecular weight is 733 g/mol. The molecule has 5 heteroatoms. The largest absolute Gasteiger partial charge is 0.309 e. The van der Waals surface area contributed by atoms with Gasteiger partial charge in [-0.15, -0.1) is 11.3 Å². The molecule has 0 atom stereocenters. The highest BCUT2D eigenvalue weighted by atomic mass is 32.1. The summed E-state index contributed by atoms with van der Waals surface area (Å²) in [6.07, 6.45) is 1.94. The van der Waals surface area contributed by atoms with Crippen LogP contribution in [-0.2, 0) is 0 Å². The minimum atomic E-state index is 0.685. The van der Waals surface area contributed by atoms with E-state index in [2.05, 4.69) is 168 Å². The molecule has 56 heavy (non-hydrogen) atoms. The van der Waals surface area contributed by atoms with E-state index in [9.17, 15) is 0 Å². The number of aromatic nitrogens is 4. The van der Waals surface area contributed by atoms with Crippen molar-refractivity contribution in [2.24, 2.45) is 0 Å². The third kappa shape index (κ3) is 5.48. The van der Waals surface area contributed by atoms with Gasteiger partial charge in [-0.1, -0.05) is 140 Å². The molecule has 0 saturated heterocycles. The van der Waals surface area contributed by atoms with Crippen LogP contribution in [0.1, 0.15) is 0 Å². The van der Waals surface area contributed by atoms with Crippen LogP contribution < -0.4 is 0 Å². The Kier molecular flexibility index (Phi) is 7.64. The Morgan fingerprint density at radius 1 is 0.411 bits per heavy atom. The summed E-state index contributed by atoms with van der Waals surface area (Å²) in [6, 6.07) is 66.5. The topological polar surface area (TPSA) is 43.6 Å². The molecule has 0 radical (unpaired) electrons. The van der Waals surface area contributed by atoms with E-state index in [0.717, 1.165) is 61.4 Å². The normalized spacial score (nSPS) is 11.6. The maximum absolute atomic E-state index is 5.31. The van der Waals surface area contributed by atoms with Crippen molar-refractivity contribution in [3.8, 4) is 61.8 Å². The summed E-state index contributed by atoms with van der Waals surface area (Å²) in [5.41, 5.74) is 13.7. The number of hydrogen-bond acceptors (Lipinski definition) is 4. The summed E-state index contributed by atoms with van der Waals surface area (Å²) >= 11 is 1.80. The minimum Gasteiger partial charge on any atom is -0.309 e. The molecule has 11 aromatic rings. The summed E-state index contributed by atoms with van der Waals surface area (Å²) in [5.74, 6) is 0.685. The number of nitrogens with zero attached hydrogens (tertiary/aromatic N) is 4. The molecule has 0 aliphatic heterocycles. The van der Waals surface area contributed by atoms with E-state index in [1.54, 1.807) is 11.3 Å². The second kappa shape index (κ2) is 13.3. The summed E-state index contributed by atoms with van der Waals surface area (Å²) in [4.78, 5) is 15.4. The van der Waals surface area contributed by atoms with Crippen LogP contribution in [-0.4, -0.2) is 19.5 Å². The summed E-state index contributed by atoms with van der Waals surface area (Å²) < 4.78 is 4.79. The fourth-order valence-corrected chi connectivity index (χ4v) is 9.20. The Bertz CT molecular complexity index is 3180. The number of benzene rings is 7.